The molecule has 5 nitrogen and oxygen atoms in total. The summed E-state index contributed by atoms with van der Waals surface area (Å²) in [5.41, 5.74) is 5.23. The Morgan fingerprint density at radius 1 is 1.38 bits per heavy atom. The summed E-state index contributed by atoms with van der Waals surface area (Å²) in [5.74, 6) is 0.660. The molecule has 2 aliphatic heterocycles. The number of fused-ring (bicyclic) bond motifs is 1. The first-order valence-corrected chi connectivity index (χ1v) is 6.81. The zero-order valence-corrected chi connectivity index (χ0v) is 11.9. The monoisotopic (exact) mass is 281 g/mol. The number of hydrogen-bond donors (Lipinski definition) is 1. The number of carbonyl (C=O) groups is 1. The summed E-state index contributed by atoms with van der Waals surface area (Å²) in [6, 6.07) is 7.49. The van der Waals surface area contributed by atoms with E-state index in [4.69, 9.17) is 10.00 Å². The van der Waals surface area contributed by atoms with Crippen LogP contribution < -0.4 is 10.2 Å². The van der Waals surface area contributed by atoms with Crippen LogP contribution in [0.4, 0.5) is 0 Å². The van der Waals surface area contributed by atoms with Crippen LogP contribution in [-0.4, -0.2) is 17.2 Å². The first-order chi connectivity index (χ1) is 9.98. The third-order valence-electron chi connectivity index (χ3n) is 3.48. The molecule has 0 radical (unpaired) electrons. The van der Waals surface area contributed by atoms with Crippen molar-refractivity contribution >= 4 is 17.2 Å². The fourth-order valence-corrected chi connectivity index (χ4v) is 2.54. The lowest BCUT2D eigenvalue weighted by molar-refractivity contribution is -0.121. The van der Waals surface area contributed by atoms with Gasteiger partial charge in [0.15, 0.2) is 0 Å². The van der Waals surface area contributed by atoms with Crippen LogP contribution in [0.15, 0.2) is 29.4 Å². The molecule has 0 aliphatic carbocycles. The lowest BCUT2D eigenvalue weighted by atomic mass is 9.89. The van der Waals surface area contributed by atoms with E-state index in [2.05, 4.69) is 16.6 Å². The Bertz CT molecular complexity index is 724. The van der Waals surface area contributed by atoms with Crippen molar-refractivity contribution in [3.05, 3.63) is 35.4 Å². The molecule has 1 aromatic rings. The van der Waals surface area contributed by atoms with E-state index in [0.717, 1.165) is 22.6 Å². The average Bonchev–Trinajstić information content (AvgIpc) is 2.46. The van der Waals surface area contributed by atoms with Crippen LogP contribution in [0.5, 0.6) is 5.75 Å². The first-order valence-electron chi connectivity index (χ1n) is 6.81. The average molecular weight is 281 g/mol. The molecule has 1 aromatic carbocycles. The van der Waals surface area contributed by atoms with E-state index in [1.54, 1.807) is 12.1 Å². The predicted octanol–water partition coefficient (Wildman–Crippen LogP) is 2.38. The smallest absolute Gasteiger partial charge is 0.240 e. The number of carbonyl (C=O) groups excluding carboxylic acids is 1. The predicted molar refractivity (Wildman–Crippen MR) is 78.7 cm³/mol. The molecule has 0 aromatic heterocycles. The lowest BCUT2D eigenvalue weighted by Gasteiger charge is -2.32. The summed E-state index contributed by atoms with van der Waals surface area (Å²) in [4.78, 5) is 11.3. The first kappa shape index (κ1) is 13.4. The number of ether oxygens (including phenoxy) is 1. The van der Waals surface area contributed by atoms with E-state index >= 15 is 0 Å². The summed E-state index contributed by atoms with van der Waals surface area (Å²) >= 11 is 0. The maximum atomic E-state index is 11.3. The van der Waals surface area contributed by atoms with Crippen LogP contribution in [0.3, 0.4) is 0 Å². The maximum absolute atomic E-state index is 11.3. The topological polar surface area (TPSA) is 74.5 Å². The number of hydrazone groups is 1. The second-order valence-electron chi connectivity index (χ2n) is 5.68. The highest BCUT2D eigenvalue weighted by molar-refractivity contribution is 6.26. The molecule has 5 heteroatoms. The Kier molecular flexibility index (Phi) is 3.02. The molecule has 0 fully saturated rings. The Labute approximate surface area is 122 Å². The number of nitrogens with zero attached hydrogens (tertiary/aromatic N) is 2. The number of benzene rings is 1. The highest BCUT2D eigenvalue weighted by Gasteiger charge is 2.30. The summed E-state index contributed by atoms with van der Waals surface area (Å²) in [5, 5.41) is 13.2. The van der Waals surface area contributed by atoms with Crippen LogP contribution in [0, 0.1) is 11.3 Å². The van der Waals surface area contributed by atoms with Gasteiger partial charge in [0.05, 0.1) is 17.3 Å². The van der Waals surface area contributed by atoms with Crippen LogP contribution >= 0.6 is 0 Å². The highest BCUT2D eigenvalue weighted by atomic mass is 16.5. The zero-order valence-electron chi connectivity index (χ0n) is 11.9. The third-order valence-corrected chi connectivity index (χ3v) is 3.48. The quantitative estimate of drug-likeness (QED) is 0.858. The molecule has 0 saturated heterocycles. The lowest BCUT2D eigenvalue weighted by Crippen LogP contribution is -2.32. The number of hydrogen-bond acceptors (Lipinski definition) is 4. The second kappa shape index (κ2) is 4.74. The summed E-state index contributed by atoms with van der Waals surface area (Å²) in [7, 11) is 0. The zero-order chi connectivity index (χ0) is 15.0. The molecule has 0 unspecified atom stereocenters. The van der Waals surface area contributed by atoms with Crippen molar-refractivity contribution < 1.29 is 9.53 Å². The fourth-order valence-electron chi connectivity index (χ4n) is 2.54. The largest absolute Gasteiger partial charge is 0.483 e. The molecule has 0 spiro atoms. The van der Waals surface area contributed by atoms with Crippen molar-refractivity contribution in [3.63, 3.8) is 0 Å². The van der Waals surface area contributed by atoms with Gasteiger partial charge in [-0.1, -0.05) is 0 Å². The molecule has 0 saturated carbocycles. The van der Waals surface area contributed by atoms with E-state index in [1.165, 1.54) is 0 Å². The number of allylic oxidation sites excluding steroid dienone is 1. The standard InChI is InChI=1S/C16H15N3O2/c1-16(2)8-12(13-4-6-15(20)19-18-13)11-7-10(9-17)3-5-14(11)21-16/h3,5,7-8H,4,6H2,1-2H3,(H,19,20). The normalized spacial score (nSPS) is 19.4. The van der Waals surface area contributed by atoms with Gasteiger partial charge in [-0.05, 0) is 38.1 Å². The van der Waals surface area contributed by atoms with E-state index in [9.17, 15) is 4.79 Å². The van der Waals surface area contributed by atoms with Gasteiger partial charge in [0.2, 0.25) is 5.91 Å². The van der Waals surface area contributed by atoms with Crippen LogP contribution in [0.2, 0.25) is 0 Å². The van der Waals surface area contributed by atoms with Gasteiger partial charge in [0.1, 0.15) is 11.4 Å². The Morgan fingerprint density at radius 2 is 2.19 bits per heavy atom. The van der Waals surface area contributed by atoms with Gasteiger partial charge in [-0.15, -0.1) is 0 Å². The van der Waals surface area contributed by atoms with Crippen LogP contribution in [0.25, 0.3) is 5.57 Å². The fraction of sp³-hybridized carbons (Fsp3) is 0.312. The molecule has 1 amide bonds. The Hall–Kier alpha value is -2.61. The van der Waals surface area contributed by atoms with Gasteiger partial charge in [-0.2, -0.15) is 10.4 Å². The number of amides is 1. The highest BCUT2D eigenvalue weighted by Crippen LogP contribution is 2.38. The van der Waals surface area contributed by atoms with E-state index in [0.29, 0.717) is 18.4 Å². The minimum absolute atomic E-state index is 0.0725. The van der Waals surface area contributed by atoms with Gasteiger partial charge in [0.25, 0.3) is 0 Å². The molecule has 0 atom stereocenters. The van der Waals surface area contributed by atoms with Gasteiger partial charge < -0.3 is 4.74 Å². The SMILES string of the molecule is CC1(C)C=C(C2=NNC(=O)CC2)c2cc(C#N)ccc2O1. The van der Waals surface area contributed by atoms with Gasteiger partial charge >= 0.3 is 0 Å². The molecule has 3 rings (SSSR count). The van der Waals surface area contributed by atoms with Crippen molar-refractivity contribution in [1.29, 1.82) is 5.26 Å². The van der Waals surface area contributed by atoms with Crippen molar-refractivity contribution in [2.45, 2.75) is 32.3 Å². The van der Waals surface area contributed by atoms with Crippen molar-refractivity contribution in [2.75, 3.05) is 0 Å². The molecule has 2 aliphatic rings. The number of nitrogens with one attached hydrogen (secondary N) is 1. The van der Waals surface area contributed by atoms with Gasteiger partial charge in [0, 0.05) is 24.0 Å². The minimum Gasteiger partial charge on any atom is -0.483 e. The van der Waals surface area contributed by atoms with E-state index in [-0.39, 0.29) is 5.91 Å². The summed E-state index contributed by atoms with van der Waals surface area (Å²) < 4.78 is 5.93. The molecule has 106 valence electrons. The molecular formula is C16H15N3O2. The Morgan fingerprint density at radius 3 is 2.86 bits per heavy atom. The van der Waals surface area contributed by atoms with Crippen molar-refractivity contribution in [2.24, 2.45) is 5.10 Å². The van der Waals surface area contributed by atoms with Gasteiger partial charge in [-0.25, -0.2) is 5.43 Å². The van der Waals surface area contributed by atoms with Crippen LogP contribution in [0.1, 0.15) is 37.8 Å². The molecule has 0 bridgehead atoms. The molecular weight excluding hydrogens is 266 g/mol. The maximum Gasteiger partial charge on any atom is 0.240 e. The van der Waals surface area contributed by atoms with Crippen LogP contribution in [-0.2, 0) is 4.79 Å². The summed E-state index contributed by atoms with van der Waals surface area (Å²) in [6.45, 7) is 3.94. The number of rotatable bonds is 1. The molecule has 1 N–H and O–H groups in total. The summed E-state index contributed by atoms with van der Waals surface area (Å²) in [6.07, 6.45) is 3.00. The third kappa shape index (κ3) is 2.52. The molecule has 21 heavy (non-hydrogen) atoms. The van der Waals surface area contributed by atoms with E-state index in [1.807, 2.05) is 26.0 Å². The number of nitriles is 1. The van der Waals surface area contributed by atoms with Crippen molar-refractivity contribution in [3.8, 4) is 11.8 Å². The van der Waals surface area contributed by atoms with E-state index < -0.39 is 5.60 Å². The Balaban J connectivity index is 2.12. The van der Waals surface area contributed by atoms with Gasteiger partial charge in [-0.3, -0.25) is 4.79 Å². The minimum atomic E-state index is -0.458. The second-order valence-corrected chi connectivity index (χ2v) is 5.68. The van der Waals surface area contributed by atoms with Crippen molar-refractivity contribution in [1.82, 2.24) is 5.43 Å². The molecule has 2 heterocycles.